The van der Waals surface area contributed by atoms with Crippen molar-refractivity contribution in [2.24, 2.45) is 0 Å². The van der Waals surface area contributed by atoms with Gasteiger partial charge in [-0.05, 0) is 92.6 Å². The molecular formula is C56H51N5O2. The molecule has 0 aliphatic carbocycles. The second kappa shape index (κ2) is 14.5. The molecule has 1 N–H and O–H groups in total. The number of pyridine rings is 1. The van der Waals surface area contributed by atoms with Gasteiger partial charge in [0.2, 0.25) is 0 Å². The molecule has 63 heavy (non-hydrogen) atoms. The van der Waals surface area contributed by atoms with Crippen LogP contribution in [0.3, 0.4) is 0 Å². The van der Waals surface area contributed by atoms with Crippen LogP contribution in [-0.2, 0) is 16.2 Å². The van der Waals surface area contributed by atoms with Gasteiger partial charge < -0.3 is 9.52 Å². The minimum Gasteiger partial charge on any atom is -0.507 e. The monoisotopic (exact) mass is 825 g/mol. The molecule has 6 aromatic carbocycles. The van der Waals surface area contributed by atoms with Crippen molar-refractivity contribution in [1.29, 1.82) is 0 Å². The van der Waals surface area contributed by atoms with Crippen molar-refractivity contribution in [1.82, 2.24) is 24.5 Å². The van der Waals surface area contributed by atoms with Gasteiger partial charge in [0.25, 0.3) is 0 Å². The SMILES string of the molecule is CC(C)(C)c1cc(-c2cc(C(C)(C)C)cc3nccnc23)cc(-c2nc3c(-c4cc5c(cc4O)oc4ccccc45)cncc3n2-c2ccc(C(C)(C)C)cc2-c2ccccc2)c1. The average molecular weight is 826 g/mol. The Labute approximate surface area is 368 Å². The molecular weight excluding hydrogens is 775 g/mol. The maximum Gasteiger partial charge on any atom is 0.145 e. The zero-order chi connectivity index (χ0) is 44.0. The molecule has 0 amide bonds. The number of rotatable bonds is 5. The van der Waals surface area contributed by atoms with Gasteiger partial charge in [0.05, 0.1) is 28.4 Å². The zero-order valence-corrected chi connectivity index (χ0v) is 37.4. The number of benzene rings is 6. The molecule has 4 aromatic heterocycles. The molecule has 312 valence electrons. The van der Waals surface area contributed by atoms with E-state index in [1.165, 1.54) is 11.1 Å². The van der Waals surface area contributed by atoms with E-state index in [-0.39, 0.29) is 22.0 Å². The average Bonchev–Trinajstić information content (AvgIpc) is 3.83. The number of phenols is 1. The number of aromatic hydroxyl groups is 1. The van der Waals surface area contributed by atoms with Gasteiger partial charge in [0, 0.05) is 63.2 Å². The number of nitrogens with zero attached hydrogens (tertiary/aromatic N) is 5. The predicted molar refractivity (Wildman–Crippen MR) is 259 cm³/mol. The van der Waals surface area contributed by atoms with Crippen LogP contribution in [0.1, 0.15) is 79.0 Å². The van der Waals surface area contributed by atoms with Crippen LogP contribution in [0.25, 0.3) is 94.5 Å². The van der Waals surface area contributed by atoms with Crippen LogP contribution in [0.2, 0.25) is 0 Å². The van der Waals surface area contributed by atoms with E-state index in [9.17, 15) is 5.11 Å². The predicted octanol–water partition coefficient (Wildman–Crippen LogP) is 14.5. The third-order valence-corrected chi connectivity index (χ3v) is 12.4. The molecule has 0 unspecified atom stereocenters. The summed E-state index contributed by atoms with van der Waals surface area (Å²) in [6, 6.07) is 40.3. The second-order valence-electron chi connectivity index (χ2n) is 19.9. The van der Waals surface area contributed by atoms with Crippen molar-refractivity contribution in [2.75, 3.05) is 0 Å². The lowest BCUT2D eigenvalue weighted by molar-refractivity contribution is 0.477. The summed E-state index contributed by atoms with van der Waals surface area (Å²) in [5, 5.41) is 13.7. The first-order chi connectivity index (χ1) is 30.0. The minimum absolute atomic E-state index is 0.0900. The molecule has 0 aliphatic rings. The highest BCUT2D eigenvalue weighted by molar-refractivity contribution is 6.09. The van der Waals surface area contributed by atoms with E-state index in [4.69, 9.17) is 24.4 Å². The topological polar surface area (TPSA) is 89.9 Å². The highest BCUT2D eigenvalue weighted by Gasteiger charge is 2.27. The van der Waals surface area contributed by atoms with E-state index in [2.05, 4.69) is 146 Å². The second-order valence-corrected chi connectivity index (χ2v) is 19.9. The summed E-state index contributed by atoms with van der Waals surface area (Å²) in [4.78, 5) is 20.3. The van der Waals surface area contributed by atoms with Crippen LogP contribution in [0.5, 0.6) is 5.75 Å². The largest absolute Gasteiger partial charge is 0.507 e. The number of fused-ring (bicyclic) bond motifs is 5. The van der Waals surface area contributed by atoms with E-state index < -0.39 is 0 Å². The molecule has 0 atom stereocenters. The number of para-hydroxylation sites is 1. The number of furan rings is 1. The van der Waals surface area contributed by atoms with Crippen molar-refractivity contribution in [2.45, 2.75) is 78.6 Å². The number of imidazole rings is 1. The van der Waals surface area contributed by atoms with Crippen LogP contribution in [0.4, 0.5) is 0 Å². The van der Waals surface area contributed by atoms with Crippen LogP contribution >= 0.6 is 0 Å². The molecule has 0 radical (unpaired) electrons. The van der Waals surface area contributed by atoms with Gasteiger partial charge in [-0.25, -0.2) is 4.98 Å². The lowest BCUT2D eigenvalue weighted by Gasteiger charge is -2.24. The molecule has 10 aromatic rings. The highest BCUT2D eigenvalue weighted by atomic mass is 16.3. The van der Waals surface area contributed by atoms with Gasteiger partial charge >= 0.3 is 0 Å². The van der Waals surface area contributed by atoms with Crippen molar-refractivity contribution in [3.05, 3.63) is 157 Å². The van der Waals surface area contributed by atoms with Gasteiger partial charge in [-0.2, -0.15) is 0 Å². The lowest BCUT2D eigenvalue weighted by Crippen LogP contribution is -2.13. The summed E-state index contributed by atoms with van der Waals surface area (Å²) >= 11 is 0. The highest BCUT2D eigenvalue weighted by Crippen LogP contribution is 2.45. The molecule has 0 fully saturated rings. The molecule has 7 heteroatoms. The first-order valence-electron chi connectivity index (χ1n) is 21.7. The van der Waals surface area contributed by atoms with E-state index in [1.54, 1.807) is 18.5 Å². The fraction of sp³-hybridized carbons (Fsp3) is 0.214. The Kier molecular flexibility index (Phi) is 9.19. The van der Waals surface area contributed by atoms with Gasteiger partial charge in [-0.1, -0.05) is 123 Å². The molecule has 0 aliphatic heterocycles. The maximum absolute atomic E-state index is 11.8. The maximum atomic E-state index is 11.8. The van der Waals surface area contributed by atoms with Gasteiger partial charge in [-0.15, -0.1) is 0 Å². The molecule has 0 bridgehead atoms. The van der Waals surface area contributed by atoms with Crippen LogP contribution in [-0.4, -0.2) is 29.6 Å². The summed E-state index contributed by atoms with van der Waals surface area (Å²) in [5.41, 5.74) is 15.3. The van der Waals surface area contributed by atoms with Crippen LogP contribution in [0, 0.1) is 0 Å². The minimum atomic E-state index is -0.213. The molecule has 4 heterocycles. The smallest absolute Gasteiger partial charge is 0.145 e. The quantitative estimate of drug-likeness (QED) is 0.186. The molecule has 0 saturated heterocycles. The zero-order valence-electron chi connectivity index (χ0n) is 37.4. The number of phenolic OH excluding ortho intramolecular Hbond substituents is 1. The van der Waals surface area contributed by atoms with E-state index in [0.717, 1.165) is 88.9 Å². The Morgan fingerprint density at radius 1 is 0.508 bits per heavy atom. The fourth-order valence-corrected chi connectivity index (χ4v) is 8.72. The third-order valence-electron chi connectivity index (χ3n) is 12.4. The standard InChI is InChI=1S/C56H51N5O2/c1-54(2,3)36-19-20-46(40(26-36)33-15-11-10-12-16-33)61-47-32-57-31-44(42-29-43-39-17-13-14-18-49(39)63-50(43)30-48(42)62)52(47)60-53(61)35-23-34(24-37(25-35)55(4,5)6)41-27-38(56(7,8)9)28-45-51(41)59-22-21-58-45/h10-32,62H,1-9H3. The summed E-state index contributed by atoms with van der Waals surface area (Å²) in [5.74, 6) is 0.846. The number of aromatic nitrogens is 5. The first-order valence-corrected chi connectivity index (χ1v) is 21.7. The van der Waals surface area contributed by atoms with Gasteiger partial charge in [-0.3, -0.25) is 19.5 Å². The van der Waals surface area contributed by atoms with Gasteiger partial charge in [0.15, 0.2) is 0 Å². The third kappa shape index (κ3) is 7.02. The van der Waals surface area contributed by atoms with Crippen molar-refractivity contribution in [3.8, 4) is 56.2 Å². The summed E-state index contributed by atoms with van der Waals surface area (Å²) in [6.07, 6.45) is 7.25. The molecule has 10 rings (SSSR count). The summed E-state index contributed by atoms with van der Waals surface area (Å²) < 4.78 is 8.44. The lowest BCUT2D eigenvalue weighted by atomic mass is 9.82. The Morgan fingerprint density at radius 3 is 1.95 bits per heavy atom. The normalized spacial score (nSPS) is 12.6. The van der Waals surface area contributed by atoms with E-state index in [1.807, 2.05) is 42.7 Å². The van der Waals surface area contributed by atoms with Crippen LogP contribution in [0.15, 0.2) is 144 Å². The van der Waals surface area contributed by atoms with Crippen molar-refractivity contribution < 1.29 is 9.52 Å². The fourth-order valence-electron chi connectivity index (χ4n) is 8.72. The molecule has 0 saturated carbocycles. The summed E-state index contributed by atoms with van der Waals surface area (Å²) in [7, 11) is 0. The summed E-state index contributed by atoms with van der Waals surface area (Å²) in [6.45, 7) is 20.2. The number of hydrogen-bond acceptors (Lipinski definition) is 6. The van der Waals surface area contributed by atoms with Gasteiger partial charge in [0.1, 0.15) is 28.3 Å². The van der Waals surface area contributed by atoms with Crippen molar-refractivity contribution >= 4 is 44.0 Å². The van der Waals surface area contributed by atoms with E-state index >= 15 is 0 Å². The number of hydrogen-bond donors (Lipinski definition) is 1. The van der Waals surface area contributed by atoms with Crippen molar-refractivity contribution in [3.63, 3.8) is 0 Å². The first kappa shape index (κ1) is 40.0. The Hall–Kier alpha value is -7.12. The van der Waals surface area contributed by atoms with E-state index in [0.29, 0.717) is 11.1 Å². The van der Waals surface area contributed by atoms with Crippen LogP contribution < -0.4 is 0 Å². The Morgan fingerprint density at radius 2 is 1.19 bits per heavy atom. The molecule has 7 nitrogen and oxygen atoms in total. The Balaban J connectivity index is 1.32. The Bertz CT molecular complexity index is 3410. The molecule has 0 spiro atoms.